The molecule has 1 fully saturated rings. The molecular formula is C20H16FNO4. The fourth-order valence-electron chi connectivity index (χ4n) is 3.26. The fraction of sp³-hybridized carbons (Fsp3) is 0.250. The maximum absolute atomic E-state index is 13.3. The molecule has 0 bridgehead atoms. The Morgan fingerprint density at radius 2 is 1.73 bits per heavy atom. The van der Waals surface area contributed by atoms with Gasteiger partial charge in [0.1, 0.15) is 5.82 Å². The molecule has 0 spiro atoms. The second-order valence-electron chi connectivity index (χ2n) is 6.86. The van der Waals surface area contributed by atoms with Crippen molar-refractivity contribution in [3.05, 3.63) is 70.5 Å². The molecule has 1 saturated carbocycles. The average molecular weight is 353 g/mol. The SMILES string of the molecule is Cc1cc(F)ccc1CC1(C(=O)ON2C(=O)c3ccccc3C2=O)CC1. The molecule has 2 aromatic rings. The van der Waals surface area contributed by atoms with Crippen molar-refractivity contribution in [2.24, 2.45) is 5.41 Å². The van der Waals surface area contributed by atoms with Crippen LogP contribution in [0, 0.1) is 18.2 Å². The third kappa shape index (κ3) is 2.58. The molecule has 0 N–H and O–H groups in total. The molecule has 5 nitrogen and oxygen atoms in total. The van der Waals surface area contributed by atoms with E-state index in [-0.39, 0.29) is 16.9 Å². The van der Waals surface area contributed by atoms with Crippen LogP contribution in [0.25, 0.3) is 0 Å². The van der Waals surface area contributed by atoms with Gasteiger partial charge in [0.05, 0.1) is 16.5 Å². The van der Waals surface area contributed by atoms with E-state index in [1.165, 1.54) is 24.3 Å². The average Bonchev–Trinajstić information content (AvgIpc) is 3.37. The number of fused-ring (bicyclic) bond motifs is 1. The number of carbonyl (C=O) groups is 3. The minimum Gasteiger partial charge on any atom is -0.329 e. The molecule has 0 atom stereocenters. The van der Waals surface area contributed by atoms with Gasteiger partial charge in [-0.1, -0.05) is 23.3 Å². The van der Waals surface area contributed by atoms with Gasteiger partial charge in [-0.2, -0.15) is 0 Å². The highest BCUT2D eigenvalue weighted by Crippen LogP contribution is 2.50. The molecule has 6 heteroatoms. The first-order chi connectivity index (χ1) is 12.4. The smallest absolute Gasteiger partial charge is 0.329 e. The Hall–Kier alpha value is -3.02. The van der Waals surface area contributed by atoms with Crippen LogP contribution in [-0.4, -0.2) is 22.8 Å². The summed E-state index contributed by atoms with van der Waals surface area (Å²) in [6.45, 7) is 1.78. The molecule has 0 radical (unpaired) electrons. The first-order valence-electron chi connectivity index (χ1n) is 8.36. The highest BCUT2D eigenvalue weighted by Gasteiger charge is 2.53. The van der Waals surface area contributed by atoms with Gasteiger partial charge in [0.25, 0.3) is 11.8 Å². The van der Waals surface area contributed by atoms with E-state index in [2.05, 4.69) is 0 Å². The van der Waals surface area contributed by atoms with Crippen LogP contribution in [0.1, 0.15) is 44.7 Å². The number of halogens is 1. The lowest BCUT2D eigenvalue weighted by Gasteiger charge is -2.19. The minimum atomic E-state index is -0.766. The van der Waals surface area contributed by atoms with Crippen LogP contribution in [0.15, 0.2) is 42.5 Å². The van der Waals surface area contributed by atoms with E-state index in [0.717, 1.165) is 11.1 Å². The molecule has 4 rings (SSSR count). The summed E-state index contributed by atoms with van der Waals surface area (Å²) < 4.78 is 13.3. The van der Waals surface area contributed by atoms with Crippen molar-refractivity contribution in [2.75, 3.05) is 0 Å². The largest absolute Gasteiger partial charge is 0.339 e. The zero-order chi connectivity index (χ0) is 18.5. The number of nitrogens with zero attached hydrogens (tertiary/aromatic N) is 1. The van der Waals surface area contributed by atoms with E-state index >= 15 is 0 Å². The van der Waals surface area contributed by atoms with Crippen LogP contribution in [0.5, 0.6) is 0 Å². The van der Waals surface area contributed by atoms with Gasteiger partial charge in [0, 0.05) is 0 Å². The van der Waals surface area contributed by atoms with Crippen LogP contribution in [0.4, 0.5) is 4.39 Å². The molecule has 132 valence electrons. The van der Waals surface area contributed by atoms with Crippen molar-refractivity contribution in [1.82, 2.24) is 5.06 Å². The van der Waals surface area contributed by atoms with Crippen molar-refractivity contribution in [2.45, 2.75) is 26.2 Å². The standard InChI is InChI=1S/C20H16FNO4/c1-12-10-14(21)7-6-13(12)11-20(8-9-20)19(25)26-22-17(23)15-4-2-3-5-16(15)18(22)24/h2-7,10H,8-9,11H2,1H3. The van der Waals surface area contributed by atoms with Crippen molar-refractivity contribution < 1.29 is 23.6 Å². The topological polar surface area (TPSA) is 63.7 Å². The molecule has 2 amide bonds. The molecular weight excluding hydrogens is 337 g/mol. The first-order valence-corrected chi connectivity index (χ1v) is 8.36. The van der Waals surface area contributed by atoms with Crippen LogP contribution in [-0.2, 0) is 16.1 Å². The molecule has 26 heavy (non-hydrogen) atoms. The lowest BCUT2D eigenvalue weighted by molar-refractivity contribution is -0.175. The molecule has 1 aliphatic heterocycles. The molecule has 1 aliphatic carbocycles. The Kier molecular flexibility index (Phi) is 3.64. The van der Waals surface area contributed by atoms with Crippen LogP contribution < -0.4 is 0 Å². The van der Waals surface area contributed by atoms with E-state index < -0.39 is 23.2 Å². The van der Waals surface area contributed by atoms with Gasteiger partial charge < -0.3 is 4.84 Å². The monoisotopic (exact) mass is 353 g/mol. The summed E-state index contributed by atoms with van der Waals surface area (Å²) in [5.74, 6) is -2.19. The van der Waals surface area contributed by atoms with E-state index in [1.807, 2.05) is 0 Å². The summed E-state index contributed by atoms with van der Waals surface area (Å²) in [5, 5.41) is 0.546. The molecule has 2 aromatic carbocycles. The number of aryl methyl sites for hydroxylation is 1. The van der Waals surface area contributed by atoms with Crippen molar-refractivity contribution in [1.29, 1.82) is 0 Å². The molecule has 0 aromatic heterocycles. The van der Waals surface area contributed by atoms with Crippen LogP contribution >= 0.6 is 0 Å². The van der Waals surface area contributed by atoms with Gasteiger partial charge >= 0.3 is 5.97 Å². The summed E-state index contributed by atoms with van der Waals surface area (Å²) in [6.07, 6.45) is 1.60. The minimum absolute atomic E-state index is 0.226. The quantitative estimate of drug-likeness (QED) is 0.792. The van der Waals surface area contributed by atoms with Crippen LogP contribution in [0.3, 0.4) is 0 Å². The van der Waals surface area contributed by atoms with Gasteiger partial charge in [-0.3, -0.25) is 9.59 Å². The van der Waals surface area contributed by atoms with Crippen molar-refractivity contribution in [3.63, 3.8) is 0 Å². The number of carbonyl (C=O) groups excluding carboxylic acids is 3. The molecule has 1 heterocycles. The highest BCUT2D eigenvalue weighted by atomic mass is 19.1. The zero-order valence-electron chi connectivity index (χ0n) is 14.1. The second kappa shape index (κ2) is 5.76. The first kappa shape index (κ1) is 16.4. The summed E-state index contributed by atoms with van der Waals surface area (Å²) in [7, 11) is 0. The Bertz CT molecular complexity index is 914. The fourth-order valence-corrected chi connectivity index (χ4v) is 3.26. The number of benzene rings is 2. The second-order valence-corrected chi connectivity index (χ2v) is 6.86. The molecule has 0 saturated heterocycles. The van der Waals surface area contributed by atoms with Gasteiger partial charge in [0.2, 0.25) is 0 Å². The lowest BCUT2D eigenvalue weighted by Crippen LogP contribution is -2.36. The molecule has 0 unspecified atom stereocenters. The van der Waals surface area contributed by atoms with Crippen molar-refractivity contribution >= 4 is 17.8 Å². The summed E-state index contributed by atoms with van der Waals surface area (Å²) in [5.41, 5.74) is 1.29. The van der Waals surface area contributed by atoms with Crippen LogP contribution in [0.2, 0.25) is 0 Å². The lowest BCUT2D eigenvalue weighted by atomic mass is 9.94. The Labute approximate surface area is 149 Å². The van der Waals surface area contributed by atoms with E-state index in [0.29, 0.717) is 24.3 Å². The maximum Gasteiger partial charge on any atom is 0.339 e. The summed E-state index contributed by atoms with van der Waals surface area (Å²) >= 11 is 0. The van der Waals surface area contributed by atoms with E-state index in [1.54, 1.807) is 25.1 Å². The highest BCUT2D eigenvalue weighted by molar-refractivity contribution is 6.20. The Balaban J connectivity index is 1.52. The maximum atomic E-state index is 13.3. The number of hydroxylamine groups is 2. The number of hydrogen-bond donors (Lipinski definition) is 0. The number of hydrogen-bond acceptors (Lipinski definition) is 4. The Morgan fingerprint density at radius 3 is 2.27 bits per heavy atom. The van der Waals surface area contributed by atoms with Gasteiger partial charge in [-0.05, 0) is 61.6 Å². The predicted octanol–water partition coefficient (Wildman–Crippen LogP) is 3.21. The van der Waals surface area contributed by atoms with E-state index in [9.17, 15) is 18.8 Å². The third-order valence-corrected chi connectivity index (χ3v) is 5.05. The number of rotatable bonds is 4. The van der Waals surface area contributed by atoms with Gasteiger partial charge in [-0.25, -0.2) is 9.18 Å². The normalized spacial score (nSPS) is 17.2. The molecule has 2 aliphatic rings. The summed E-state index contributed by atoms with van der Waals surface area (Å²) in [6, 6.07) is 10.8. The zero-order valence-corrected chi connectivity index (χ0v) is 14.1. The Morgan fingerprint density at radius 1 is 1.12 bits per heavy atom. The summed E-state index contributed by atoms with van der Waals surface area (Å²) in [4.78, 5) is 42.5. The third-order valence-electron chi connectivity index (χ3n) is 5.05. The van der Waals surface area contributed by atoms with Gasteiger partial charge in [0.15, 0.2) is 0 Å². The number of imide groups is 1. The van der Waals surface area contributed by atoms with E-state index in [4.69, 9.17) is 4.84 Å². The predicted molar refractivity (Wildman–Crippen MR) is 89.5 cm³/mol. The number of amides is 2. The van der Waals surface area contributed by atoms with Gasteiger partial charge in [-0.15, -0.1) is 0 Å². The van der Waals surface area contributed by atoms with Crippen molar-refractivity contribution in [3.8, 4) is 0 Å².